The SMILES string of the molecule is COc1ccc(/C=N\Nc2ccc(S(=O)(=O)N3C[C@@H](C)C[C@H](C)C3)cn2)cc1F. The molecule has 0 saturated carbocycles. The molecule has 1 aliphatic rings. The van der Waals surface area contributed by atoms with E-state index in [0.29, 0.717) is 36.3 Å². The average Bonchev–Trinajstić information content (AvgIpc) is 2.68. The lowest BCUT2D eigenvalue weighted by Gasteiger charge is -2.33. The van der Waals surface area contributed by atoms with E-state index in [1.807, 2.05) is 0 Å². The van der Waals surface area contributed by atoms with Gasteiger partial charge in [-0.25, -0.2) is 17.8 Å². The van der Waals surface area contributed by atoms with Gasteiger partial charge in [-0.2, -0.15) is 9.41 Å². The molecule has 2 heterocycles. The Labute approximate surface area is 170 Å². The third-order valence-corrected chi connectivity index (χ3v) is 6.59. The van der Waals surface area contributed by atoms with Gasteiger partial charge >= 0.3 is 0 Å². The molecule has 0 radical (unpaired) electrons. The van der Waals surface area contributed by atoms with E-state index >= 15 is 0 Å². The van der Waals surface area contributed by atoms with Crippen LogP contribution >= 0.6 is 0 Å². The molecule has 0 unspecified atom stereocenters. The summed E-state index contributed by atoms with van der Waals surface area (Å²) in [5.41, 5.74) is 3.25. The van der Waals surface area contributed by atoms with Crippen LogP contribution in [0.3, 0.4) is 0 Å². The molecule has 1 N–H and O–H groups in total. The van der Waals surface area contributed by atoms with Crippen molar-refractivity contribution in [3.05, 3.63) is 47.9 Å². The van der Waals surface area contributed by atoms with Crippen LogP contribution < -0.4 is 10.2 Å². The predicted octanol–water partition coefficient (Wildman–Crippen LogP) is 3.34. The number of hydrogen-bond acceptors (Lipinski definition) is 6. The van der Waals surface area contributed by atoms with Crippen LogP contribution in [0.15, 0.2) is 46.5 Å². The number of aromatic nitrogens is 1. The number of halogens is 1. The second-order valence-corrected chi connectivity index (χ2v) is 9.35. The summed E-state index contributed by atoms with van der Waals surface area (Å²) in [7, 11) is -2.17. The van der Waals surface area contributed by atoms with Crippen LogP contribution in [0, 0.1) is 17.7 Å². The molecule has 7 nitrogen and oxygen atoms in total. The third-order valence-electron chi connectivity index (χ3n) is 4.78. The standard InChI is InChI=1S/C20H25FN4O3S/c1-14-8-15(2)13-25(12-14)29(26,27)17-5-7-20(22-11-17)24-23-10-16-4-6-19(28-3)18(21)9-16/h4-7,9-11,14-15H,8,12-13H2,1-3H3,(H,22,24)/b23-10-/t14-,15-/m0/s1. The van der Waals surface area contributed by atoms with Gasteiger partial charge in [-0.05, 0) is 54.2 Å². The molecule has 3 rings (SSSR count). The van der Waals surface area contributed by atoms with Gasteiger partial charge in [-0.1, -0.05) is 13.8 Å². The lowest BCUT2D eigenvalue weighted by atomic mass is 9.94. The number of methoxy groups -OCH3 is 1. The van der Waals surface area contributed by atoms with Gasteiger partial charge in [0.05, 0.1) is 13.3 Å². The van der Waals surface area contributed by atoms with Crippen LogP contribution in [0.25, 0.3) is 0 Å². The van der Waals surface area contributed by atoms with E-state index in [1.54, 1.807) is 12.1 Å². The molecule has 2 atom stereocenters. The van der Waals surface area contributed by atoms with E-state index in [9.17, 15) is 12.8 Å². The molecular formula is C20H25FN4O3S. The fourth-order valence-electron chi connectivity index (χ4n) is 3.49. The van der Waals surface area contributed by atoms with Crippen LogP contribution in [-0.4, -0.2) is 44.1 Å². The molecule has 1 aliphatic heterocycles. The van der Waals surface area contributed by atoms with E-state index < -0.39 is 15.8 Å². The van der Waals surface area contributed by atoms with Gasteiger partial charge in [-0.15, -0.1) is 0 Å². The van der Waals surface area contributed by atoms with E-state index in [0.717, 1.165) is 6.42 Å². The maximum absolute atomic E-state index is 13.7. The Morgan fingerprint density at radius 2 is 1.97 bits per heavy atom. The maximum atomic E-state index is 13.7. The van der Waals surface area contributed by atoms with Gasteiger partial charge < -0.3 is 4.74 Å². The van der Waals surface area contributed by atoms with Crippen LogP contribution in [0.5, 0.6) is 5.75 Å². The van der Waals surface area contributed by atoms with E-state index in [2.05, 4.69) is 29.4 Å². The highest BCUT2D eigenvalue weighted by atomic mass is 32.2. The molecule has 1 fully saturated rings. The average molecular weight is 421 g/mol. The maximum Gasteiger partial charge on any atom is 0.244 e. The molecular weight excluding hydrogens is 395 g/mol. The zero-order chi connectivity index (χ0) is 21.0. The van der Waals surface area contributed by atoms with Crippen LogP contribution in [-0.2, 0) is 10.0 Å². The van der Waals surface area contributed by atoms with Gasteiger partial charge in [0, 0.05) is 19.3 Å². The first-order valence-corrected chi connectivity index (χ1v) is 10.8. The molecule has 29 heavy (non-hydrogen) atoms. The molecule has 2 aromatic rings. The second-order valence-electron chi connectivity index (χ2n) is 7.41. The first-order chi connectivity index (χ1) is 13.8. The molecule has 1 aromatic carbocycles. The van der Waals surface area contributed by atoms with E-state index in [1.165, 1.54) is 42.0 Å². The number of hydrazone groups is 1. The van der Waals surface area contributed by atoms with Crippen molar-refractivity contribution in [3.63, 3.8) is 0 Å². The zero-order valence-electron chi connectivity index (χ0n) is 16.7. The fraction of sp³-hybridized carbons (Fsp3) is 0.400. The molecule has 0 aliphatic carbocycles. The van der Waals surface area contributed by atoms with Crippen molar-refractivity contribution < 1.29 is 17.5 Å². The first-order valence-electron chi connectivity index (χ1n) is 9.38. The van der Waals surface area contributed by atoms with Crippen molar-refractivity contribution in [1.29, 1.82) is 0 Å². The molecule has 9 heteroatoms. The minimum absolute atomic E-state index is 0.158. The lowest BCUT2D eigenvalue weighted by molar-refractivity contribution is 0.222. The number of nitrogens with zero attached hydrogens (tertiary/aromatic N) is 3. The van der Waals surface area contributed by atoms with Crippen molar-refractivity contribution >= 4 is 22.1 Å². The summed E-state index contributed by atoms with van der Waals surface area (Å²) in [5, 5.41) is 4.01. The van der Waals surface area contributed by atoms with Gasteiger partial charge in [0.25, 0.3) is 0 Å². The Morgan fingerprint density at radius 1 is 1.24 bits per heavy atom. The monoisotopic (exact) mass is 420 g/mol. The van der Waals surface area contributed by atoms with Gasteiger partial charge in [0.15, 0.2) is 11.6 Å². The summed E-state index contributed by atoms with van der Waals surface area (Å²) >= 11 is 0. The lowest BCUT2D eigenvalue weighted by Crippen LogP contribution is -2.42. The number of benzene rings is 1. The van der Waals surface area contributed by atoms with Gasteiger partial charge in [0.1, 0.15) is 10.7 Å². The molecule has 0 spiro atoms. The number of hydrogen-bond donors (Lipinski definition) is 1. The van der Waals surface area contributed by atoms with Gasteiger partial charge in [-0.3, -0.25) is 5.43 Å². The Hall–Kier alpha value is -2.52. The molecule has 156 valence electrons. The van der Waals surface area contributed by atoms with E-state index in [4.69, 9.17) is 4.74 Å². The summed E-state index contributed by atoms with van der Waals surface area (Å²) in [6.07, 6.45) is 3.79. The smallest absolute Gasteiger partial charge is 0.244 e. The van der Waals surface area contributed by atoms with Crippen molar-refractivity contribution in [2.75, 3.05) is 25.6 Å². The minimum atomic E-state index is -3.57. The quantitative estimate of drug-likeness (QED) is 0.572. The number of sulfonamides is 1. The summed E-state index contributed by atoms with van der Waals surface area (Å²) in [4.78, 5) is 4.29. The van der Waals surface area contributed by atoms with Crippen molar-refractivity contribution in [2.45, 2.75) is 25.2 Å². The summed E-state index contributed by atoms with van der Waals surface area (Å²) < 4.78 is 45.8. The number of nitrogens with one attached hydrogen (secondary N) is 1. The summed E-state index contributed by atoms with van der Waals surface area (Å²) in [6.45, 7) is 5.18. The normalized spacial score (nSPS) is 20.7. The Kier molecular flexibility index (Phi) is 6.49. The zero-order valence-corrected chi connectivity index (χ0v) is 17.5. The largest absolute Gasteiger partial charge is 0.494 e. The number of pyridine rings is 1. The molecule has 1 aromatic heterocycles. The van der Waals surface area contributed by atoms with Crippen molar-refractivity contribution in [3.8, 4) is 5.75 Å². The highest BCUT2D eigenvalue weighted by molar-refractivity contribution is 7.89. The minimum Gasteiger partial charge on any atom is -0.494 e. The Morgan fingerprint density at radius 3 is 2.55 bits per heavy atom. The third kappa shape index (κ3) is 5.10. The fourth-order valence-corrected chi connectivity index (χ4v) is 5.11. The highest BCUT2D eigenvalue weighted by Crippen LogP contribution is 2.26. The number of piperidine rings is 1. The Bertz CT molecular complexity index is 970. The molecule has 1 saturated heterocycles. The molecule has 0 bridgehead atoms. The predicted molar refractivity (Wildman–Crippen MR) is 110 cm³/mol. The first kappa shape index (κ1) is 21.2. The van der Waals surface area contributed by atoms with Crippen molar-refractivity contribution in [2.24, 2.45) is 16.9 Å². The van der Waals surface area contributed by atoms with Crippen LogP contribution in [0.2, 0.25) is 0 Å². The topological polar surface area (TPSA) is 83.9 Å². The van der Waals surface area contributed by atoms with Crippen LogP contribution in [0.4, 0.5) is 10.2 Å². The Balaban J connectivity index is 1.66. The highest BCUT2D eigenvalue weighted by Gasteiger charge is 2.31. The van der Waals surface area contributed by atoms with Crippen LogP contribution in [0.1, 0.15) is 25.8 Å². The number of rotatable bonds is 6. The number of anilines is 1. The molecule has 0 amide bonds. The summed E-state index contributed by atoms with van der Waals surface area (Å²) in [5.74, 6) is 0.727. The number of ether oxygens (including phenoxy) is 1. The van der Waals surface area contributed by atoms with Gasteiger partial charge in [0.2, 0.25) is 10.0 Å². The summed E-state index contributed by atoms with van der Waals surface area (Å²) in [6, 6.07) is 7.54. The second kappa shape index (κ2) is 8.87. The van der Waals surface area contributed by atoms with E-state index in [-0.39, 0.29) is 10.6 Å². The van der Waals surface area contributed by atoms with Crippen molar-refractivity contribution in [1.82, 2.24) is 9.29 Å².